The van der Waals surface area contributed by atoms with Gasteiger partial charge in [0, 0.05) is 0 Å². The van der Waals surface area contributed by atoms with Crippen LogP contribution in [-0.2, 0) is 5.41 Å². The molecular weight excluding hydrogens is 275 g/mol. The standard InChI is InChI=1S/C22H19B/c1-22(2,3)14-12-17-15-8-4-6-10-19(15)23-20-11-7-5-9-16(20)18(13-14)21(17)23/h4-13H,1-3H3. The first-order valence-corrected chi connectivity index (χ1v) is 8.43. The van der Waals surface area contributed by atoms with Crippen LogP contribution in [0.3, 0.4) is 0 Å². The summed E-state index contributed by atoms with van der Waals surface area (Å²) in [4.78, 5) is 0. The molecule has 0 aromatic heterocycles. The number of rotatable bonds is 0. The summed E-state index contributed by atoms with van der Waals surface area (Å²) in [6.07, 6.45) is 0. The topological polar surface area (TPSA) is 0 Å². The van der Waals surface area contributed by atoms with E-state index < -0.39 is 0 Å². The van der Waals surface area contributed by atoms with Crippen LogP contribution in [0.5, 0.6) is 0 Å². The van der Waals surface area contributed by atoms with Crippen molar-refractivity contribution >= 4 is 23.1 Å². The Labute approximate surface area is 138 Å². The molecule has 23 heavy (non-hydrogen) atoms. The molecule has 0 amide bonds. The summed E-state index contributed by atoms with van der Waals surface area (Å²) in [6.45, 7) is 7.35. The third-order valence-electron chi connectivity index (χ3n) is 5.46. The normalized spacial score (nSPS) is 13.8. The summed E-state index contributed by atoms with van der Waals surface area (Å²) >= 11 is 0. The van der Waals surface area contributed by atoms with Gasteiger partial charge in [0.1, 0.15) is 0 Å². The lowest BCUT2D eigenvalue weighted by molar-refractivity contribution is 0.591. The molecule has 3 aromatic rings. The van der Waals surface area contributed by atoms with Crippen LogP contribution in [0.25, 0.3) is 22.3 Å². The number of hydrogen-bond donors (Lipinski definition) is 0. The molecule has 110 valence electrons. The van der Waals surface area contributed by atoms with Crippen molar-refractivity contribution in [2.45, 2.75) is 26.2 Å². The monoisotopic (exact) mass is 294 g/mol. The van der Waals surface area contributed by atoms with E-state index in [0.717, 1.165) is 0 Å². The lowest BCUT2D eigenvalue weighted by Gasteiger charge is -2.22. The summed E-state index contributed by atoms with van der Waals surface area (Å²) in [5, 5.41) is 0. The Hall–Kier alpha value is -2.28. The van der Waals surface area contributed by atoms with Gasteiger partial charge in [-0.25, -0.2) is 0 Å². The van der Waals surface area contributed by atoms with Gasteiger partial charge in [-0.05, 0) is 33.2 Å². The van der Waals surface area contributed by atoms with Crippen LogP contribution in [0.15, 0.2) is 60.7 Å². The Morgan fingerprint density at radius 2 is 1.13 bits per heavy atom. The maximum atomic E-state index is 2.43. The third kappa shape index (κ3) is 1.63. The number of hydrogen-bond acceptors (Lipinski definition) is 0. The first-order valence-electron chi connectivity index (χ1n) is 8.43. The van der Waals surface area contributed by atoms with E-state index in [9.17, 15) is 0 Å². The molecule has 0 saturated carbocycles. The van der Waals surface area contributed by atoms with E-state index in [2.05, 4.69) is 81.4 Å². The van der Waals surface area contributed by atoms with Crippen molar-refractivity contribution in [1.29, 1.82) is 0 Å². The Bertz CT molecular complexity index is 891. The molecule has 0 unspecified atom stereocenters. The Morgan fingerprint density at radius 3 is 1.61 bits per heavy atom. The average Bonchev–Trinajstić information content (AvgIpc) is 3.05. The van der Waals surface area contributed by atoms with E-state index in [4.69, 9.17) is 0 Å². The van der Waals surface area contributed by atoms with Crippen LogP contribution < -0.4 is 16.4 Å². The van der Waals surface area contributed by atoms with Crippen LogP contribution in [-0.4, -0.2) is 6.71 Å². The minimum absolute atomic E-state index is 0.163. The quantitative estimate of drug-likeness (QED) is 0.384. The molecule has 5 rings (SSSR count). The van der Waals surface area contributed by atoms with E-state index in [1.807, 2.05) is 0 Å². The Morgan fingerprint density at radius 1 is 0.652 bits per heavy atom. The fraction of sp³-hybridized carbons (Fsp3) is 0.182. The van der Waals surface area contributed by atoms with Crippen molar-refractivity contribution in [1.82, 2.24) is 0 Å². The number of fused-ring (bicyclic) bond motifs is 6. The van der Waals surface area contributed by atoms with Crippen molar-refractivity contribution in [3.05, 3.63) is 66.2 Å². The predicted molar refractivity (Wildman–Crippen MR) is 101 cm³/mol. The molecule has 0 aliphatic carbocycles. The van der Waals surface area contributed by atoms with Crippen LogP contribution in [0.2, 0.25) is 0 Å². The van der Waals surface area contributed by atoms with Gasteiger partial charge >= 0.3 is 0 Å². The molecule has 2 heterocycles. The fourth-order valence-corrected chi connectivity index (χ4v) is 4.31. The molecule has 2 aliphatic heterocycles. The maximum Gasteiger partial charge on any atom is 0.244 e. The lowest BCUT2D eigenvalue weighted by Crippen LogP contribution is -2.45. The van der Waals surface area contributed by atoms with E-state index in [0.29, 0.717) is 6.71 Å². The SMILES string of the molecule is CC(C)(C)c1cc2c3c(c1)-c1ccccc1B3c1ccccc1-2. The van der Waals surface area contributed by atoms with Gasteiger partial charge in [-0.3, -0.25) is 0 Å². The van der Waals surface area contributed by atoms with Crippen molar-refractivity contribution in [2.75, 3.05) is 0 Å². The van der Waals surface area contributed by atoms with Gasteiger partial charge in [0.15, 0.2) is 0 Å². The molecule has 0 fully saturated rings. The third-order valence-corrected chi connectivity index (χ3v) is 5.46. The highest BCUT2D eigenvalue weighted by molar-refractivity contribution is 7.02. The summed E-state index contributed by atoms with van der Waals surface area (Å²) in [5.74, 6) is 0. The second kappa shape index (κ2) is 4.17. The van der Waals surface area contributed by atoms with Gasteiger partial charge in [-0.2, -0.15) is 0 Å². The van der Waals surface area contributed by atoms with E-state index in [1.54, 1.807) is 0 Å². The zero-order valence-electron chi connectivity index (χ0n) is 13.9. The van der Waals surface area contributed by atoms with Crippen LogP contribution in [0, 0.1) is 0 Å². The molecule has 0 atom stereocenters. The van der Waals surface area contributed by atoms with Gasteiger partial charge in [0.05, 0.1) is 0 Å². The summed E-state index contributed by atoms with van der Waals surface area (Å²) in [5.41, 5.74) is 11.8. The molecule has 1 heteroatoms. The van der Waals surface area contributed by atoms with Crippen molar-refractivity contribution in [3.8, 4) is 22.3 Å². The minimum Gasteiger partial charge on any atom is -0.0664 e. The highest BCUT2D eigenvalue weighted by atomic mass is 14.3. The second-order valence-corrected chi connectivity index (χ2v) is 7.84. The maximum absolute atomic E-state index is 2.43. The van der Waals surface area contributed by atoms with E-state index >= 15 is 0 Å². The second-order valence-electron chi connectivity index (χ2n) is 7.84. The highest BCUT2D eigenvalue weighted by Gasteiger charge is 2.41. The zero-order chi connectivity index (χ0) is 15.8. The molecule has 0 saturated heterocycles. The van der Waals surface area contributed by atoms with E-state index in [1.165, 1.54) is 44.2 Å². The molecule has 0 spiro atoms. The zero-order valence-corrected chi connectivity index (χ0v) is 13.9. The lowest BCUT2D eigenvalue weighted by atomic mass is 9.41. The van der Waals surface area contributed by atoms with Crippen molar-refractivity contribution < 1.29 is 0 Å². The Kier molecular flexibility index (Phi) is 2.39. The van der Waals surface area contributed by atoms with E-state index in [-0.39, 0.29) is 5.41 Å². The Balaban J connectivity index is 1.93. The molecule has 0 N–H and O–H groups in total. The first-order chi connectivity index (χ1) is 11.1. The van der Waals surface area contributed by atoms with Gasteiger partial charge in [-0.1, -0.05) is 97.8 Å². The van der Waals surface area contributed by atoms with Gasteiger partial charge < -0.3 is 0 Å². The molecule has 2 aliphatic rings. The van der Waals surface area contributed by atoms with Crippen LogP contribution in [0.1, 0.15) is 26.3 Å². The van der Waals surface area contributed by atoms with Crippen molar-refractivity contribution in [2.24, 2.45) is 0 Å². The smallest absolute Gasteiger partial charge is 0.0664 e. The molecule has 0 radical (unpaired) electrons. The number of benzene rings is 3. The largest absolute Gasteiger partial charge is 0.244 e. The highest BCUT2D eigenvalue weighted by Crippen LogP contribution is 2.37. The van der Waals surface area contributed by atoms with Gasteiger partial charge in [0.25, 0.3) is 0 Å². The van der Waals surface area contributed by atoms with Gasteiger partial charge in [-0.15, -0.1) is 0 Å². The average molecular weight is 294 g/mol. The summed E-state index contributed by atoms with van der Waals surface area (Å²) < 4.78 is 0. The fourth-order valence-electron chi connectivity index (χ4n) is 4.31. The predicted octanol–water partition coefficient (Wildman–Crippen LogP) is 3.46. The van der Waals surface area contributed by atoms with Crippen LogP contribution >= 0.6 is 0 Å². The molecule has 0 bridgehead atoms. The first kappa shape index (κ1) is 13.2. The van der Waals surface area contributed by atoms with Gasteiger partial charge in [0.2, 0.25) is 6.71 Å². The minimum atomic E-state index is 0.163. The van der Waals surface area contributed by atoms with Crippen LogP contribution in [0.4, 0.5) is 0 Å². The molecule has 3 aromatic carbocycles. The van der Waals surface area contributed by atoms with Crippen molar-refractivity contribution in [3.63, 3.8) is 0 Å². The molecule has 0 nitrogen and oxygen atoms in total. The molecular formula is C22H19B. The summed E-state index contributed by atoms with van der Waals surface area (Å²) in [6, 6.07) is 22.8. The summed E-state index contributed by atoms with van der Waals surface area (Å²) in [7, 11) is 0.